The lowest BCUT2D eigenvalue weighted by atomic mass is 9.99. The Labute approximate surface area is 560 Å². The van der Waals surface area contributed by atoms with Crippen LogP contribution in [0.25, 0.3) is 0 Å². The van der Waals surface area contributed by atoms with E-state index in [1.165, 1.54) is 193 Å². The van der Waals surface area contributed by atoms with E-state index >= 15 is 0 Å². The summed E-state index contributed by atoms with van der Waals surface area (Å²) in [5.41, 5.74) is 0. The van der Waals surface area contributed by atoms with E-state index in [1.807, 2.05) is 6.08 Å². The van der Waals surface area contributed by atoms with E-state index in [2.05, 4.69) is 141 Å². The monoisotopic (exact) mass is 1270 g/mol. The fourth-order valence-electron chi connectivity index (χ4n) is 11.3. The lowest BCUT2D eigenvalue weighted by molar-refractivity contribution is -0.302. The van der Waals surface area contributed by atoms with Gasteiger partial charge < -0.3 is 40.3 Å². The van der Waals surface area contributed by atoms with E-state index < -0.39 is 49.5 Å². The molecule has 1 aliphatic heterocycles. The van der Waals surface area contributed by atoms with Gasteiger partial charge in [-0.2, -0.15) is 0 Å². The van der Waals surface area contributed by atoms with E-state index in [0.717, 1.165) is 109 Å². The second kappa shape index (κ2) is 69.2. The van der Waals surface area contributed by atoms with E-state index in [-0.39, 0.29) is 12.5 Å². The minimum atomic E-state index is -1.58. The number of unbranched alkanes of at least 4 members (excludes halogenated alkanes) is 35. The van der Waals surface area contributed by atoms with Crippen LogP contribution in [0.1, 0.15) is 322 Å². The van der Waals surface area contributed by atoms with Crippen LogP contribution in [0, 0.1) is 0 Å². The molecule has 0 bridgehead atoms. The molecule has 0 spiro atoms. The highest BCUT2D eigenvalue weighted by molar-refractivity contribution is 5.76. The first-order valence-corrected chi connectivity index (χ1v) is 37.9. The van der Waals surface area contributed by atoms with Gasteiger partial charge in [-0.1, -0.05) is 347 Å². The molecule has 1 aliphatic rings. The molecule has 0 aromatic rings. The van der Waals surface area contributed by atoms with Gasteiger partial charge in [0.25, 0.3) is 0 Å². The third-order valence-electron chi connectivity index (χ3n) is 17.2. The van der Waals surface area contributed by atoms with Crippen molar-refractivity contribution in [2.75, 3.05) is 13.2 Å². The highest BCUT2D eigenvalue weighted by Crippen LogP contribution is 2.23. The van der Waals surface area contributed by atoms with Crippen molar-refractivity contribution in [3.8, 4) is 0 Å². The third-order valence-corrected chi connectivity index (χ3v) is 17.2. The number of hydrogen-bond donors (Lipinski definition) is 6. The first-order chi connectivity index (χ1) is 44.8. The molecule has 9 heteroatoms. The van der Waals surface area contributed by atoms with Crippen molar-refractivity contribution in [1.82, 2.24) is 5.32 Å². The zero-order valence-corrected chi connectivity index (χ0v) is 58.6. The van der Waals surface area contributed by atoms with Gasteiger partial charge >= 0.3 is 0 Å². The van der Waals surface area contributed by atoms with Crippen molar-refractivity contribution in [2.45, 2.75) is 365 Å². The summed E-state index contributed by atoms with van der Waals surface area (Å²) in [6.45, 7) is 3.67. The number of allylic oxidation sites excluding steroid dienone is 21. The average molecular weight is 1270 g/mol. The molecule has 91 heavy (non-hydrogen) atoms. The molecule has 7 atom stereocenters. The quantitative estimate of drug-likeness (QED) is 0.0261. The molecule has 1 heterocycles. The van der Waals surface area contributed by atoms with Gasteiger partial charge in [0, 0.05) is 6.42 Å². The van der Waals surface area contributed by atoms with Crippen molar-refractivity contribution >= 4 is 5.91 Å². The van der Waals surface area contributed by atoms with Crippen molar-refractivity contribution < 1.29 is 39.8 Å². The minimum absolute atomic E-state index is 0.200. The van der Waals surface area contributed by atoms with E-state index in [0.29, 0.717) is 6.42 Å². The zero-order valence-electron chi connectivity index (χ0n) is 58.6. The van der Waals surface area contributed by atoms with Gasteiger partial charge in [-0.25, -0.2) is 0 Å². The summed E-state index contributed by atoms with van der Waals surface area (Å²) in [7, 11) is 0. The Balaban J connectivity index is 2.16. The molecule has 6 N–H and O–H groups in total. The summed E-state index contributed by atoms with van der Waals surface area (Å²) in [4.78, 5) is 13.1. The summed E-state index contributed by atoms with van der Waals surface area (Å²) in [5, 5.41) is 54.8. The van der Waals surface area contributed by atoms with Crippen LogP contribution in [0.15, 0.2) is 134 Å². The average Bonchev–Trinajstić information content (AvgIpc) is 1.58. The summed E-state index contributed by atoms with van der Waals surface area (Å²) in [6, 6.07) is -0.840. The molecule has 0 aliphatic carbocycles. The SMILES string of the molecule is CC/C=C\C/C=C\C/C=C\C/C=C\C/C=C\C/C=C\C/C=C\C/C=C\C/C=C\CCCCCCCCCC(=O)NC(COC1OC(CO)C(O)C(O)C1O)C(O)/C=C/CC/C=C/CCCCCCCCCCCCCCCCCCCCCCCCCCCCC. The number of carbonyl (C=O) groups excluding carboxylic acids is 1. The predicted octanol–water partition coefficient (Wildman–Crippen LogP) is 21.5. The van der Waals surface area contributed by atoms with E-state index in [1.54, 1.807) is 6.08 Å². The lowest BCUT2D eigenvalue weighted by Crippen LogP contribution is -2.60. The minimum Gasteiger partial charge on any atom is -0.394 e. The zero-order chi connectivity index (χ0) is 65.7. The Morgan fingerprint density at radius 3 is 1.05 bits per heavy atom. The fourth-order valence-corrected chi connectivity index (χ4v) is 11.3. The summed E-state index contributed by atoms with van der Waals surface area (Å²) in [5.74, 6) is -0.200. The van der Waals surface area contributed by atoms with Gasteiger partial charge in [-0.3, -0.25) is 4.79 Å². The Bertz CT molecular complexity index is 1910. The Morgan fingerprint density at radius 2 is 0.692 bits per heavy atom. The Kier molecular flexibility index (Phi) is 64.9. The maximum Gasteiger partial charge on any atom is 0.220 e. The second-order valence-corrected chi connectivity index (χ2v) is 25.7. The third kappa shape index (κ3) is 57.5. The van der Waals surface area contributed by atoms with Gasteiger partial charge in [0.05, 0.1) is 25.4 Å². The Hall–Kier alpha value is -3.67. The van der Waals surface area contributed by atoms with Gasteiger partial charge in [0.2, 0.25) is 5.91 Å². The molecule has 0 saturated carbocycles. The number of aliphatic hydroxyl groups excluding tert-OH is 5. The van der Waals surface area contributed by atoms with Crippen LogP contribution >= 0.6 is 0 Å². The van der Waals surface area contributed by atoms with Crippen LogP contribution in [0.5, 0.6) is 0 Å². The van der Waals surface area contributed by atoms with Crippen molar-refractivity contribution in [2.24, 2.45) is 0 Å². The molecule has 0 aromatic carbocycles. The van der Waals surface area contributed by atoms with Gasteiger partial charge in [0.1, 0.15) is 24.4 Å². The Morgan fingerprint density at radius 1 is 0.385 bits per heavy atom. The van der Waals surface area contributed by atoms with E-state index in [4.69, 9.17) is 9.47 Å². The number of hydrogen-bond acceptors (Lipinski definition) is 8. The van der Waals surface area contributed by atoms with Gasteiger partial charge in [-0.15, -0.1) is 0 Å². The molecule has 522 valence electrons. The standard InChI is InChI=1S/C82H141NO8/c1-3-5-7-9-11-13-15-17-19-21-23-25-27-29-31-33-35-37-38-40-42-44-46-48-50-52-54-56-58-60-62-64-66-68-70-72-78(86)83-75(74-90-82-81(89)80(88)79(87)77(73-84)91-82)76(85)71-69-67-65-63-61-59-57-55-53-51-49-47-45-43-41-39-36-34-32-30-28-26-24-22-20-18-16-14-12-10-8-6-4-2/h5,7,11,13,17,19,23,25,29,31,35,37,40,42,46,48,52,54,61,63,69,71,75-77,79-82,84-85,87-89H,3-4,6,8-10,12,14-16,18,20-22,24,26-28,30,32-34,36,38-39,41,43-45,47,49-51,53,55-60,62,64-68,70,72-74H2,1-2H3,(H,83,86)/b7-5-,13-11-,19-17-,25-23-,31-29-,37-35-,42-40-,48-46-,54-52-,63-61+,71-69+. The number of ether oxygens (including phenoxy) is 2. The number of carbonyl (C=O) groups is 1. The van der Waals surface area contributed by atoms with Crippen LogP contribution < -0.4 is 5.32 Å². The van der Waals surface area contributed by atoms with Crippen LogP contribution in [-0.4, -0.2) is 87.5 Å². The highest BCUT2D eigenvalue weighted by atomic mass is 16.7. The van der Waals surface area contributed by atoms with Crippen LogP contribution in [0.4, 0.5) is 0 Å². The molecule has 1 rings (SSSR count). The van der Waals surface area contributed by atoms with E-state index in [9.17, 15) is 30.3 Å². The first-order valence-electron chi connectivity index (χ1n) is 37.9. The molecule has 1 saturated heterocycles. The molecule has 0 aromatic heterocycles. The van der Waals surface area contributed by atoms with Crippen molar-refractivity contribution in [1.29, 1.82) is 0 Å². The molecular weight excluding hydrogens is 1130 g/mol. The largest absolute Gasteiger partial charge is 0.394 e. The topological polar surface area (TPSA) is 149 Å². The summed E-state index contributed by atoms with van der Waals surface area (Å²) < 4.78 is 11.3. The summed E-state index contributed by atoms with van der Waals surface area (Å²) >= 11 is 0. The highest BCUT2D eigenvalue weighted by Gasteiger charge is 2.44. The molecule has 9 nitrogen and oxygen atoms in total. The summed E-state index contributed by atoms with van der Waals surface area (Å²) in [6.07, 6.45) is 98.6. The molecular formula is C82H141NO8. The maximum absolute atomic E-state index is 13.1. The molecule has 7 unspecified atom stereocenters. The number of rotatable bonds is 65. The van der Waals surface area contributed by atoms with Crippen LogP contribution in [-0.2, 0) is 14.3 Å². The molecule has 1 fully saturated rings. The number of nitrogens with one attached hydrogen (secondary N) is 1. The number of amides is 1. The lowest BCUT2D eigenvalue weighted by Gasteiger charge is -2.40. The van der Waals surface area contributed by atoms with Gasteiger partial charge in [-0.05, 0) is 103 Å². The number of aliphatic hydroxyl groups is 5. The normalized spacial score (nSPS) is 18.5. The maximum atomic E-state index is 13.1. The van der Waals surface area contributed by atoms with Crippen molar-refractivity contribution in [3.05, 3.63) is 134 Å². The smallest absolute Gasteiger partial charge is 0.220 e. The second-order valence-electron chi connectivity index (χ2n) is 25.7. The predicted molar refractivity (Wildman–Crippen MR) is 391 cm³/mol. The van der Waals surface area contributed by atoms with Crippen LogP contribution in [0.2, 0.25) is 0 Å². The van der Waals surface area contributed by atoms with Crippen molar-refractivity contribution in [3.63, 3.8) is 0 Å². The van der Waals surface area contributed by atoms with Crippen LogP contribution in [0.3, 0.4) is 0 Å². The molecule has 1 amide bonds. The fraction of sp³-hybridized carbons (Fsp3) is 0.720. The molecule has 0 radical (unpaired) electrons. The van der Waals surface area contributed by atoms with Gasteiger partial charge in [0.15, 0.2) is 6.29 Å². The first kappa shape index (κ1) is 85.3.